The van der Waals surface area contributed by atoms with Crippen LogP contribution in [0.5, 0.6) is 5.75 Å². The standard InChI is InChI=1S/C18H25NO/c1-15(16-10-9-11-17(14-16)20-5)19-13-8-6-7-12-18(2,3)4/h6,8-11,14-15,19H,13H2,1-5H3/b8-6+/t15-/m1/s1. The largest absolute Gasteiger partial charge is 0.497 e. The average molecular weight is 271 g/mol. The first-order valence-corrected chi connectivity index (χ1v) is 6.97. The maximum atomic E-state index is 5.23. The molecule has 0 radical (unpaired) electrons. The molecule has 108 valence electrons. The zero-order valence-corrected chi connectivity index (χ0v) is 13.2. The van der Waals surface area contributed by atoms with Gasteiger partial charge in [0.1, 0.15) is 5.75 Å². The van der Waals surface area contributed by atoms with Gasteiger partial charge in [0.2, 0.25) is 0 Å². The fraction of sp³-hybridized carbons (Fsp3) is 0.444. The summed E-state index contributed by atoms with van der Waals surface area (Å²) in [4.78, 5) is 0. The van der Waals surface area contributed by atoms with Gasteiger partial charge in [0, 0.05) is 18.0 Å². The third-order valence-corrected chi connectivity index (χ3v) is 2.78. The van der Waals surface area contributed by atoms with Crippen LogP contribution in [0.15, 0.2) is 36.4 Å². The Labute approximate surface area is 123 Å². The summed E-state index contributed by atoms with van der Waals surface area (Å²) in [5.74, 6) is 7.13. The molecule has 2 nitrogen and oxygen atoms in total. The van der Waals surface area contributed by atoms with Crippen LogP contribution in [0.25, 0.3) is 0 Å². The van der Waals surface area contributed by atoms with Gasteiger partial charge in [0.25, 0.3) is 0 Å². The van der Waals surface area contributed by atoms with E-state index >= 15 is 0 Å². The summed E-state index contributed by atoms with van der Waals surface area (Å²) in [6.07, 6.45) is 3.96. The number of benzene rings is 1. The van der Waals surface area contributed by atoms with Crippen LogP contribution in [0.2, 0.25) is 0 Å². The van der Waals surface area contributed by atoms with Crippen molar-refractivity contribution in [3.05, 3.63) is 42.0 Å². The molecule has 1 aromatic rings. The molecule has 1 atom stereocenters. The molecule has 0 bridgehead atoms. The molecule has 0 amide bonds. The highest BCUT2D eigenvalue weighted by Crippen LogP contribution is 2.18. The first-order chi connectivity index (χ1) is 9.42. The molecule has 0 fully saturated rings. The van der Waals surface area contributed by atoms with Crippen LogP contribution < -0.4 is 10.1 Å². The first kappa shape index (κ1) is 16.3. The Hall–Kier alpha value is -1.72. The molecule has 0 aromatic heterocycles. The van der Waals surface area contributed by atoms with Crippen LogP contribution in [0, 0.1) is 17.3 Å². The average Bonchev–Trinajstić information content (AvgIpc) is 2.41. The van der Waals surface area contributed by atoms with E-state index in [-0.39, 0.29) is 11.5 Å². The molecule has 0 aliphatic carbocycles. The van der Waals surface area contributed by atoms with Crippen LogP contribution in [0.4, 0.5) is 0 Å². The fourth-order valence-electron chi connectivity index (χ4n) is 1.65. The van der Waals surface area contributed by atoms with Crippen molar-refractivity contribution in [3.8, 4) is 17.6 Å². The molecule has 0 saturated heterocycles. The summed E-state index contributed by atoms with van der Waals surface area (Å²) in [6.45, 7) is 9.27. The molecule has 0 heterocycles. The maximum absolute atomic E-state index is 5.23. The summed E-state index contributed by atoms with van der Waals surface area (Å²) in [7, 11) is 1.69. The number of allylic oxidation sites excluding steroid dienone is 1. The minimum atomic E-state index is 0.0612. The normalized spacial score (nSPS) is 12.8. The molecule has 2 heteroatoms. The van der Waals surface area contributed by atoms with Gasteiger partial charge in [0.05, 0.1) is 7.11 Å². The van der Waals surface area contributed by atoms with Gasteiger partial charge >= 0.3 is 0 Å². The van der Waals surface area contributed by atoms with E-state index in [1.54, 1.807) is 7.11 Å². The predicted octanol–water partition coefficient (Wildman–Crippen LogP) is 3.95. The molecular formula is C18H25NO. The topological polar surface area (TPSA) is 21.3 Å². The Kier molecular flexibility index (Phi) is 6.35. The summed E-state index contributed by atoms with van der Waals surface area (Å²) < 4.78 is 5.23. The molecule has 0 unspecified atom stereocenters. The molecule has 0 aliphatic heterocycles. The van der Waals surface area contributed by atoms with Crippen LogP contribution in [-0.2, 0) is 0 Å². The molecular weight excluding hydrogens is 246 g/mol. The van der Waals surface area contributed by atoms with E-state index in [9.17, 15) is 0 Å². The van der Waals surface area contributed by atoms with Crippen molar-refractivity contribution in [2.75, 3.05) is 13.7 Å². The number of ether oxygens (including phenoxy) is 1. The molecule has 1 N–H and O–H groups in total. The summed E-state index contributed by atoms with van der Waals surface area (Å²) in [5.41, 5.74) is 1.28. The van der Waals surface area contributed by atoms with Crippen molar-refractivity contribution < 1.29 is 4.74 Å². The Morgan fingerprint density at radius 2 is 2.10 bits per heavy atom. The molecule has 1 rings (SSSR count). The van der Waals surface area contributed by atoms with Gasteiger partial charge in [-0.15, -0.1) is 0 Å². The lowest BCUT2D eigenvalue weighted by molar-refractivity contribution is 0.413. The van der Waals surface area contributed by atoms with Crippen LogP contribution in [-0.4, -0.2) is 13.7 Å². The van der Waals surface area contributed by atoms with Crippen LogP contribution in [0.3, 0.4) is 0 Å². The summed E-state index contributed by atoms with van der Waals surface area (Å²) in [5, 5.41) is 3.44. The second-order valence-electron chi connectivity index (χ2n) is 5.83. The first-order valence-electron chi connectivity index (χ1n) is 6.97. The lowest BCUT2D eigenvalue weighted by Crippen LogP contribution is -2.18. The Morgan fingerprint density at radius 3 is 2.75 bits per heavy atom. The SMILES string of the molecule is COc1cccc([C@@H](C)NC/C=C/C#CC(C)(C)C)c1. The van der Waals surface area contributed by atoms with E-state index < -0.39 is 0 Å². The van der Waals surface area contributed by atoms with E-state index in [0.717, 1.165) is 12.3 Å². The van der Waals surface area contributed by atoms with E-state index in [4.69, 9.17) is 4.74 Å². The molecule has 1 aromatic carbocycles. The van der Waals surface area contributed by atoms with Crippen LogP contribution >= 0.6 is 0 Å². The van der Waals surface area contributed by atoms with Crippen molar-refractivity contribution in [1.82, 2.24) is 5.32 Å². The van der Waals surface area contributed by atoms with E-state index in [0.29, 0.717) is 0 Å². The van der Waals surface area contributed by atoms with Gasteiger partial charge in [-0.2, -0.15) is 0 Å². The van der Waals surface area contributed by atoms with Gasteiger partial charge in [-0.1, -0.05) is 30.0 Å². The second kappa shape index (κ2) is 7.77. The van der Waals surface area contributed by atoms with Gasteiger partial charge < -0.3 is 10.1 Å². The van der Waals surface area contributed by atoms with Gasteiger partial charge in [-0.05, 0) is 51.5 Å². The zero-order chi connectivity index (χ0) is 15.0. The number of methoxy groups -OCH3 is 1. The number of rotatable bonds is 5. The van der Waals surface area contributed by atoms with E-state index in [1.165, 1.54) is 5.56 Å². The smallest absolute Gasteiger partial charge is 0.119 e. The summed E-state index contributed by atoms with van der Waals surface area (Å²) >= 11 is 0. The minimum absolute atomic E-state index is 0.0612. The van der Waals surface area contributed by atoms with Gasteiger partial charge in [-0.3, -0.25) is 0 Å². The lowest BCUT2D eigenvalue weighted by atomic mass is 9.98. The van der Waals surface area contributed by atoms with Gasteiger partial charge in [-0.25, -0.2) is 0 Å². The number of hydrogen-bond acceptors (Lipinski definition) is 2. The predicted molar refractivity (Wildman–Crippen MR) is 85.8 cm³/mol. The number of nitrogens with one attached hydrogen (secondary N) is 1. The molecule has 0 spiro atoms. The lowest BCUT2D eigenvalue weighted by Gasteiger charge is -2.13. The Morgan fingerprint density at radius 1 is 1.35 bits per heavy atom. The Bertz CT molecular complexity index is 500. The molecule has 0 saturated carbocycles. The Balaban J connectivity index is 2.45. The third kappa shape index (κ3) is 6.45. The summed E-state index contributed by atoms with van der Waals surface area (Å²) in [6, 6.07) is 8.41. The monoisotopic (exact) mass is 271 g/mol. The van der Waals surface area contributed by atoms with Gasteiger partial charge in [0.15, 0.2) is 0 Å². The van der Waals surface area contributed by atoms with E-state index in [2.05, 4.69) is 63.1 Å². The van der Waals surface area contributed by atoms with E-state index in [1.807, 2.05) is 18.2 Å². The maximum Gasteiger partial charge on any atom is 0.119 e. The van der Waals surface area contributed by atoms with Crippen molar-refractivity contribution in [2.45, 2.75) is 33.7 Å². The van der Waals surface area contributed by atoms with Crippen molar-refractivity contribution >= 4 is 0 Å². The fourth-order valence-corrected chi connectivity index (χ4v) is 1.65. The highest BCUT2D eigenvalue weighted by molar-refractivity contribution is 5.30. The zero-order valence-electron chi connectivity index (χ0n) is 13.2. The quantitative estimate of drug-likeness (QED) is 0.819. The van der Waals surface area contributed by atoms with Crippen LogP contribution in [0.1, 0.15) is 39.3 Å². The van der Waals surface area contributed by atoms with Crippen molar-refractivity contribution in [1.29, 1.82) is 0 Å². The number of hydrogen-bond donors (Lipinski definition) is 1. The van der Waals surface area contributed by atoms with Crippen molar-refractivity contribution in [3.63, 3.8) is 0 Å². The highest BCUT2D eigenvalue weighted by Gasteiger charge is 2.04. The minimum Gasteiger partial charge on any atom is -0.497 e. The third-order valence-electron chi connectivity index (χ3n) is 2.78. The second-order valence-corrected chi connectivity index (χ2v) is 5.83. The molecule has 0 aliphatic rings. The highest BCUT2D eigenvalue weighted by atomic mass is 16.5. The molecule has 20 heavy (non-hydrogen) atoms. The van der Waals surface area contributed by atoms with Crippen molar-refractivity contribution in [2.24, 2.45) is 5.41 Å².